The van der Waals surface area contributed by atoms with E-state index in [2.05, 4.69) is 10.5 Å². The highest BCUT2D eigenvalue weighted by Gasteiger charge is 2.04. The number of hydrazone groups is 1. The summed E-state index contributed by atoms with van der Waals surface area (Å²) in [5.74, 6) is 0.325. The van der Waals surface area contributed by atoms with E-state index in [0.29, 0.717) is 17.2 Å². The van der Waals surface area contributed by atoms with Gasteiger partial charge < -0.3 is 4.74 Å². The minimum Gasteiger partial charge on any atom is -0.483 e. The number of halogens is 1. The highest BCUT2D eigenvalue weighted by atomic mass is 35.5. The van der Waals surface area contributed by atoms with E-state index in [0.717, 1.165) is 11.1 Å². The summed E-state index contributed by atoms with van der Waals surface area (Å²) < 4.78 is 5.42. The van der Waals surface area contributed by atoms with Crippen LogP contribution in [0.5, 0.6) is 5.75 Å². The Morgan fingerprint density at radius 3 is 2.77 bits per heavy atom. The molecule has 0 bridgehead atoms. The van der Waals surface area contributed by atoms with E-state index in [4.69, 9.17) is 16.3 Å². The lowest BCUT2D eigenvalue weighted by atomic mass is 10.2. The molecule has 0 heterocycles. The molecule has 0 saturated carbocycles. The first kappa shape index (κ1) is 16.0. The minimum absolute atomic E-state index is 0.0921. The van der Waals surface area contributed by atoms with Gasteiger partial charge in [-0.15, -0.1) is 0 Å². The highest BCUT2D eigenvalue weighted by Crippen LogP contribution is 2.21. The van der Waals surface area contributed by atoms with Crippen molar-refractivity contribution in [1.29, 1.82) is 0 Å². The molecule has 0 saturated heterocycles. The Bertz CT molecular complexity index is 657. The van der Waals surface area contributed by atoms with Gasteiger partial charge in [-0.25, -0.2) is 5.43 Å². The molecule has 4 nitrogen and oxygen atoms in total. The first-order valence-electron chi connectivity index (χ1n) is 6.88. The topological polar surface area (TPSA) is 50.7 Å². The quantitative estimate of drug-likeness (QED) is 0.656. The summed E-state index contributed by atoms with van der Waals surface area (Å²) in [5.41, 5.74) is 4.45. The molecule has 2 rings (SSSR count). The van der Waals surface area contributed by atoms with Crippen LogP contribution in [0.4, 0.5) is 0 Å². The Morgan fingerprint density at radius 2 is 2.05 bits per heavy atom. The van der Waals surface area contributed by atoms with Crippen LogP contribution in [0.25, 0.3) is 0 Å². The van der Waals surface area contributed by atoms with Crippen molar-refractivity contribution in [2.24, 2.45) is 5.10 Å². The highest BCUT2D eigenvalue weighted by molar-refractivity contribution is 6.30. The molecule has 114 valence electrons. The number of carbonyl (C=O) groups excluding carboxylic acids is 1. The molecule has 2 aromatic rings. The van der Waals surface area contributed by atoms with E-state index in [9.17, 15) is 4.79 Å². The minimum atomic E-state index is -0.307. The molecule has 0 aliphatic rings. The molecule has 2 aromatic carbocycles. The van der Waals surface area contributed by atoms with Crippen molar-refractivity contribution in [3.63, 3.8) is 0 Å². The van der Waals surface area contributed by atoms with Crippen LogP contribution in [0.3, 0.4) is 0 Å². The zero-order valence-corrected chi connectivity index (χ0v) is 13.0. The van der Waals surface area contributed by atoms with E-state index in [-0.39, 0.29) is 12.5 Å². The molecule has 1 N–H and O–H groups in total. The van der Waals surface area contributed by atoms with Gasteiger partial charge >= 0.3 is 0 Å². The van der Waals surface area contributed by atoms with E-state index < -0.39 is 0 Å². The maximum absolute atomic E-state index is 11.6. The lowest BCUT2D eigenvalue weighted by Gasteiger charge is -2.08. The van der Waals surface area contributed by atoms with Crippen LogP contribution in [0, 0.1) is 6.92 Å². The summed E-state index contributed by atoms with van der Waals surface area (Å²) in [6.45, 7) is 1.78. The molecular formula is C17H17ClN2O2. The number of hydrogen-bond donors (Lipinski definition) is 1. The fourth-order valence-corrected chi connectivity index (χ4v) is 2.06. The second kappa shape index (κ2) is 8.20. The van der Waals surface area contributed by atoms with Crippen molar-refractivity contribution < 1.29 is 9.53 Å². The third-order valence-electron chi connectivity index (χ3n) is 2.95. The fraction of sp³-hybridized carbons (Fsp3) is 0.176. The summed E-state index contributed by atoms with van der Waals surface area (Å²) in [6.07, 6.45) is 2.32. The predicted molar refractivity (Wildman–Crippen MR) is 88.5 cm³/mol. The van der Waals surface area contributed by atoms with Gasteiger partial charge in [-0.2, -0.15) is 5.10 Å². The van der Waals surface area contributed by atoms with E-state index >= 15 is 0 Å². The number of aryl methyl sites for hydroxylation is 1. The van der Waals surface area contributed by atoms with Crippen LogP contribution in [-0.2, 0) is 11.2 Å². The zero-order chi connectivity index (χ0) is 15.8. The summed E-state index contributed by atoms with van der Waals surface area (Å²) in [4.78, 5) is 11.6. The van der Waals surface area contributed by atoms with Gasteiger partial charge in [-0.3, -0.25) is 4.79 Å². The van der Waals surface area contributed by atoms with Gasteiger partial charge in [-0.1, -0.05) is 41.9 Å². The average molecular weight is 317 g/mol. The van der Waals surface area contributed by atoms with Crippen molar-refractivity contribution in [3.8, 4) is 5.75 Å². The van der Waals surface area contributed by atoms with Crippen LogP contribution < -0.4 is 10.2 Å². The van der Waals surface area contributed by atoms with Crippen molar-refractivity contribution >= 4 is 23.7 Å². The van der Waals surface area contributed by atoms with Crippen molar-refractivity contribution in [1.82, 2.24) is 5.43 Å². The number of benzene rings is 2. The molecule has 5 heteroatoms. The number of amides is 1. The third kappa shape index (κ3) is 5.22. The van der Waals surface area contributed by atoms with Gasteiger partial charge in [0.25, 0.3) is 5.91 Å². The van der Waals surface area contributed by atoms with Crippen LogP contribution in [0.1, 0.15) is 11.1 Å². The molecule has 0 spiro atoms. The lowest BCUT2D eigenvalue weighted by Crippen LogP contribution is -2.24. The van der Waals surface area contributed by atoms with Gasteiger partial charge in [0.05, 0.1) is 0 Å². The fourth-order valence-electron chi connectivity index (χ4n) is 1.83. The number of carbonyl (C=O) groups is 1. The Morgan fingerprint density at radius 1 is 1.27 bits per heavy atom. The second-order valence-corrected chi connectivity index (χ2v) is 5.17. The molecular weight excluding hydrogens is 300 g/mol. The monoisotopic (exact) mass is 316 g/mol. The van der Waals surface area contributed by atoms with Crippen LogP contribution in [0.15, 0.2) is 53.6 Å². The van der Waals surface area contributed by atoms with Gasteiger partial charge in [0.1, 0.15) is 5.75 Å². The van der Waals surface area contributed by atoms with E-state index in [1.807, 2.05) is 37.3 Å². The average Bonchev–Trinajstić information content (AvgIpc) is 2.52. The van der Waals surface area contributed by atoms with Crippen molar-refractivity contribution in [2.75, 3.05) is 6.61 Å². The van der Waals surface area contributed by atoms with Crippen LogP contribution in [0.2, 0.25) is 5.02 Å². The number of ether oxygens (including phenoxy) is 1. The van der Waals surface area contributed by atoms with Crippen LogP contribution in [-0.4, -0.2) is 18.7 Å². The Balaban J connectivity index is 1.74. The maximum atomic E-state index is 11.6. The van der Waals surface area contributed by atoms with Crippen molar-refractivity contribution in [2.45, 2.75) is 13.3 Å². The smallest absolute Gasteiger partial charge is 0.277 e. The van der Waals surface area contributed by atoms with E-state index in [1.54, 1.807) is 24.4 Å². The number of hydrogen-bond acceptors (Lipinski definition) is 3. The van der Waals surface area contributed by atoms with Crippen LogP contribution >= 0.6 is 11.6 Å². The molecule has 0 fully saturated rings. The van der Waals surface area contributed by atoms with Gasteiger partial charge in [0, 0.05) is 17.7 Å². The van der Waals surface area contributed by atoms with Gasteiger partial charge in [0.15, 0.2) is 6.61 Å². The molecule has 0 unspecified atom stereocenters. The first-order valence-corrected chi connectivity index (χ1v) is 7.26. The second-order valence-electron chi connectivity index (χ2n) is 4.73. The lowest BCUT2D eigenvalue weighted by molar-refractivity contribution is -0.123. The Kier molecular flexibility index (Phi) is 5.98. The zero-order valence-electron chi connectivity index (χ0n) is 12.3. The van der Waals surface area contributed by atoms with Crippen molar-refractivity contribution in [3.05, 3.63) is 64.7 Å². The predicted octanol–water partition coefficient (Wildman–Crippen LogP) is 3.37. The molecule has 1 amide bonds. The summed E-state index contributed by atoms with van der Waals surface area (Å²) in [7, 11) is 0. The summed E-state index contributed by atoms with van der Waals surface area (Å²) in [5, 5.41) is 4.53. The molecule has 0 aromatic heterocycles. The third-order valence-corrected chi connectivity index (χ3v) is 3.18. The molecule has 0 aliphatic heterocycles. The summed E-state index contributed by atoms with van der Waals surface area (Å²) in [6, 6.07) is 15.1. The largest absolute Gasteiger partial charge is 0.483 e. The van der Waals surface area contributed by atoms with E-state index in [1.165, 1.54) is 0 Å². The molecule has 22 heavy (non-hydrogen) atoms. The maximum Gasteiger partial charge on any atom is 0.277 e. The number of nitrogens with one attached hydrogen (secondary N) is 1. The normalized spacial score (nSPS) is 10.6. The molecule has 0 aliphatic carbocycles. The standard InChI is InChI=1S/C17H17ClN2O2/c1-13-11-15(18)7-8-16(13)22-12-17(21)20-19-10-9-14-5-3-2-4-6-14/h2-8,10-11H,9,12H2,1H3,(H,20,21). The van der Waals surface area contributed by atoms with Gasteiger partial charge in [0.2, 0.25) is 0 Å². The van der Waals surface area contributed by atoms with Gasteiger partial charge in [-0.05, 0) is 36.2 Å². The summed E-state index contributed by atoms with van der Waals surface area (Å²) >= 11 is 5.86. The molecule has 0 radical (unpaired) electrons. The first-order chi connectivity index (χ1) is 10.6. The Hall–Kier alpha value is -2.33. The molecule has 0 atom stereocenters. The number of rotatable bonds is 6. The number of nitrogens with zero attached hydrogens (tertiary/aromatic N) is 1. The SMILES string of the molecule is Cc1cc(Cl)ccc1OCC(=O)NN=CCc1ccccc1. The Labute approximate surface area is 134 Å².